The van der Waals surface area contributed by atoms with Gasteiger partial charge in [-0.1, -0.05) is 46.3 Å². The second-order valence-corrected chi connectivity index (χ2v) is 6.55. The summed E-state index contributed by atoms with van der Waals surface area (Å²) in [6.07, 6.45) is 3.27. The number of hydrogen-bond acceptors (Lipinski definition) is 1. The molecule has 0 N–H and O–H groups in total. The van der Waals surface area contributed by atoms with Crippen molar-refractivity contribution in [1.29, 1.82) is 0 Å². The van der Waals surface area contributed by atoms with E-state index in [1.54, 1.807) is 12.1 Å². The largest absolute Gasteiger partial charge is 0.494 e. The third-order valence-electron chi connectivity index (χ3n) is 4.29. The summed E-state index contributed by atoms with van der Waals surface area (Å²) in [5.41, 5.74) is 3.86. The van der Waals surface area contributed by atoms with Crippen molar-refractivity contribution >= 4 is 15.9 Å². The summed E-state index contributed by atoms with van der Waals surface area (Å²) in [6, 6.07) is 13.8. The van der Waals surface area contributed by atoms with Gasteiger partial charge in [0.25, 0.3) is 0 Å². The number of fused-ring (bicyclic) bond motifs is 1. The molecular weight excluding hydrogens is 331 g/mol. The molecule has 2 unspecified atom stereocenters. The number of methoxy groups -OCH3 is 1. The third kappa shape index (κ3) is 2.98. The first-order chi connectivity index (χ1) is 10.2. The van der Waals surface area contributed by atoms with Crippen LogP contribution in [-0.2, 0) is 12.8 Å². The summed E-state index contributed by atoms with van der Waals surface area (Å²) in [5.74, 6) is 0.496. The maximum atomic E-state index is 13.9. The van der Waals surface area contributed by atoms with Gasteiger partial charge in [0, 0.05) is 4.83 Å². The van der Waals surface area contributed by atoms with Gasteiger partial charge in [-0.25, -0.2) is 4.39 Å². The Bertz CT molecular complexity index is 641. The van der Waals surface area contributed by atoms with Crippen molar-refractivity contribution in [2.24, 2.45) is 5.92 Å². The van der Waals surface area contributed by atoms with Crippen LogP contribution in [0.1, 0.15) is 27.9 Å². The van der Waals surface area contributed by atoms with Crippen molar-refractivity contribution < 1.29 is 9.13 Å². The number of alkyl halides is 1. The molecule has 0 saturated heterocycles. The molecule has 1 aliphatic rings. The molecule has 0 saturated carbocycles. The molecule has 2 aromatic rings. The van der Waals surface area contributed by atoms with Crippen LogP contribution in [0.2, 0.25) is 0 Å². The van der Waals surface area contributed by atoms with Crippen molar-refractivity contribution in [3.8, 4) is 5.75 Å². The molecule has 3 rings (SSSR count). The van der Waals surface area contributed by atoms with E-state index in [9.17, 15) is 4.39 Å². The van der Waals surface area contributed by atoms with Crippen LogP contribution in [0, 0.1) is 11.7 Å². The molecule has 0 amide bonds. The Balaban J connectivity index is 1.80. The third-order valence-corrected chi connectivity index (χ3v) is 5.57. The molecule has 1 aliphatic carbocycles. The van der Waals surface area contributed by atoms with Crippen LogP contribution >= 0.6 is 15.9 Å². The molecule has 0 bridgehead atoms. The zero-order chi connectivity index (χ0) is 14.8. The lowest BCUT2D eigenvalue weighted by Crippen LogP contribution is -2.18. The fourth-order valence-electron chi connectivity index (χ4n) is 3.10. The van der Waals surface area contributed by atoms with Crippen LogP contribution in [0.4, 0.5) is 4.39 Å². The van der Waals surface area contributed by atoms with E-state index in [0.29, 0.717) is 11.7 Å². The topological polar surface area (TPSA) is 9.23 Å². The van der Waals surface area contributed by atoms with E-state index in [1.165, 1.54) is 18.2 Å². The first-order valence-electron chi connectivity index (χ1n) is 7.23. The molecule has 1 nitrogen and oxygen atoms in total. The molecule has 2 atom stereocenters. The minimum absolute atomic E-state index is 0.172. The molecule has 0 radical (unpaired) electrons. The van der Waals surface area contributed by atoms with Crippen molar-refractivity contribution in [3.63, 3.8) is 0 Å². The predicted molar refractivity (Wildman–Crippen MR) is 86.6 cm³/mol. The summed E-state index contributed by atoms with van der Waals surface area (Å²) >= 11 is 3.77. The summed E-state index contributed by atoms with van der Waals surface area (Å²) in [4.78, 5) is 0.172. The molecule has 0 heterocycles. The molecule has 0 aromatic heterocycles. The summed E-state index contributed by atoms with van der Waals surface area (Å²) in [7, 11) is 1.49. The Morgan fingerprint density at radius 1 is 1.19 bits per heavy atom. The molecular formula is C18H18BrFO. The Morgan fingerprint density at radius 2 is 1.95 bits per heavy atom. The minimum atomic E-state index is -0.296. The van der Waals surface area contributed by atoms with Crippen LogP contribution in [0.25, 0.3) is 0 Å². The van der Waals surface area contributed by atoms with E-state index in [1.807, 2.05) is 6.07 Å². The number of hydrogen-bond donors (Lipinski definition) is 0. The van der Waals surface area contributed by atoms with Gasteiger partial charge in [-0.2, -0.15) is 0 Å². The van der Waals surface area contributed by atoms with E-state index in [-0.39, 0.29) is 10.6 Å². The number of halogens is 2. The molecule has 21 heavy (non-hydrogen) atoms. The standard InChI is InChI=1S/C18H18BrFO/c1-21-17-9-8-15(11-16(17)20)18(19)14-7-6-12-4-2-3-5-13(12)10-14/h2-5,8-9,11,14,18H,6-7,10H2,1H3. The lowest BCUT2D eigenvalue weighted by Gasteiger charge is -2.28. The molecule has 110 valence electrons. The fraction of sp³-hybridized carbons (Fsp3) is 0.333. The Hall–Kier alpha value is -1.35. The van der Waals surface area contributed by atoms with E-state index in [2.05, 4.69) is 40.2 Å². The van der Waals surface area contributed by atoms with E-state index >= 15 is 0 Å². The highest BCUT2D eigenvalue weighted by molar-refractivity contribution is 9.09. The summed E-state index contributed by atoms with van der Waals surface area (Å²) in [6.45, 7) is 0. The Labute approximate surface area is 133 Å². The summed E-state index contributed by atoms with van der Waals surface area (Å²) in [5, 5.41) is 0. The highest BCUT2D eigenvalue weighted by Gasteiger charge is 2.26. The number of ether oxygens (including phenoxy) is 1. The van der Waals surface area contributed by atoms with Crippen LogP contribution in [0.15, 0.2) is 42.5 Å². The Morgan fingerprint density at radius 3 is 2.67 bits per heavy atom. The van der Waals surface area contributed by atoms with Gasteiger partial charge in [-0.3, -0.25) is 0 Å². The van der Waals surface area contributed by atoms with Crippen molar-refractivity contribution in [1.82, 2.24) is 0 Å². The number of aryl methyl sites for hydroxylation is 1. The number of benzene rings is 2. The minimum Gasteiger partial charge on any atom is -0.494 e. The molecule has 2 aromatic carbocycles. The highest BCUT2D eigenvalue weighted by Crippen LogP contribution is 2.40. The van der Waals surface area contributed by atoms with Crippen LogP contribution in [0.5, 0.6) is 5.75 Å². The maximum Gasteiger partial charge on any atom is 0.165 e. The Kier molecular flexibility index (Phi) is 4.29. The van der Waals surface area contributed by atoms with E-state index in [4.69, 9.17) is 4.74 Å². The quantitative estimate of drug-likeness (QED) is 0.703. The second-order valence-electron chi connectivity index (χ2n) is 5.57. The van der Waals surface area contributed by atoms with Crippen molar-refractivity contribution in [2.75, 3.05) is 7.11 Å². The normalized spacial score (nSPS) is 18.9. The van der Waals surface area contributed by atoms with Crippen LogP contribution in [0.3, 0.4) is 0 Å². The van der Waals surface area contributed by atoms with Crippen LogP contribution in [-0.4, -0.2) is 7.11 Å². The monoisotopic (exact) mass is 348 g/mol. The van der Waals surface area contributed by atoms with Gasteiger partial charge in [0.1, 0.15) is 0 Å². The first-order valence-corrected chi connectivity index (χ1v) is 8.15. The average Bonchev–Trinajstić information content (AvgIpc) is 2.53. The van der Waals surface area contributed by atoms with E-state index in [0.717, 1.165) is 24.8 Å². The van der Waals surface area contributed by atoms with Gasteiger partial charge in [0.2, 0.25) is 0 Å². The zero-order valence-electron chi connectivity index (χ0n) is 12.0. The van der Waals surface area contributed by atoms with Gasteiger partial charge in [0.15, 0.2) is 11.6 Å². The number of rotatable bonds is 3. The lowest BCUT2D eigenvalue weighted by molar-refractivity contribution is 0.385. The van der Waals surface area contributed by atoms with Gasteiger partial charge < -0.3 is 4.74 Å². The van der Waals surface area contributed by atoms with Gasteiger partial charge in [0.05, 0.1) is 7.11 Å². The molecule has 3 heteroatoms. The van der Waals surface area contributed by atoms with Gasteiger partial charge in [-0.05, 0) is 54.0 Å². The first kappa shape index (κ1) is 14.6. The SMILES string of the molecule is COc1ccc(C(Br)C2CCc3ccccc3C2)cc1F. The van der Waals surface area contributed by atoms with E-state index < -0.39 is 0 Å². The van der Waals surface area contributed by atoms with Crippen LogP contribution < -0.4 is 4.74 Å². The van der Waals surface area contributed by atoms with Crippen molar-refractivity contribution in [3.05, 3.63) is 65.0 Å². The zero-order valence-corrected chi connectivity index (χ0v) is 13.6. The molecule has 0 spiro atoms. The predicted octanol–water partition coefficient (Wildman–Crippen LogP) is 5.08. The fourth-order valence-corrected chi connectivity index (χ4v) is 3.84. The summed E-state index contributed by atoms with van der Waals surface area (Å²) < 4.78 is 18.9. The second kappa shape index (κ2) is 6.18. The van der Waals surface area contributed by atoms with Gasteiger partial charge >= 0.3 is 0 Å². The average molecular weight is 349 g/mol. The molecule has 0 fully saturated rings. The lowest BCUT2D eigenvalue weighted by atomic mass is 9.81. The highest BCUT2D eigenvalue weighted by atomic mass is 79.9. The van der Waals surface area contributed by atoms with Crippen molar-refractivity contribution in [2.45, 2.75) is 24.1 Å². The molecule has 0 aliphatic heterocycles. The maximum absolute atomic E-state index is 13.9. The van der Waals surface area contributed by atoms with Gasteiger partial charge in [-0.15, -0.1) is 0 Å². The smallest absolute Gasteiger partial charge is 0.165 e.